The molecule has 0 aliphatic heterocycles. The van der Waals surface area contributed by atoms with Crippen molar-refractivity contribution in [2.45, 2.75) is 77.8 Å². The fourth-order valence-electron chi connectivity index (χ4n) is 2.73. The van der Waals surface area contributed by atoms with E-state index in [9.17, 15) is 4.79 Å². The molecule has 1 rings (SSSR count). The van der Waals surface area contributed by atoms with E-state index < -0.39 is 0 Å². The van der Waals surface area contributed by atoms with Crippen LogP contribution in [0.5, 0.6) is 0 Å². The van der Waals surface area contributed by atoms with Crippen LogP contribution in [0.2, 0.25) is 0 Å². The van der Waals surface area contributed by atoms with E-state index in [0.29, 0.717) is 23.8 Å². The molecule has 0 aromatic rings. The average molecular weight is 254 g/mol. The SMILES string of the molecule is CC(N)CCCC(=O)N(C)C1CCC(C)(C)CC1. The standard InChI is InChI=1S/C15H30N2O/c1-12(16)6-5-7-14(18)17(4)13-8-10-15(2,3)11-9-13/h12-13H,5-11,16H2,1-4H3. The second kappa shape index (κ2) is 6.55. The number of hydrogen-bond acceptors (Lipinski definition) is 2. The third-order valence-electron chi connectivity index (χ3n) is 4.30. The number of carbonyl (C=O) groups is 1. The summed E-state index contributed by atoms with van der Waals surface area (Å²) in [4.78, 5) is 14.1. The maximum Gasteiger partial charge on any atom is 0.222 e. The maximum atomic E-state index is 12.1. The van der Waals surface area contributed by atoms with Gasteiger partial charge < -0.3 is 10.6 Å². The lowest BCUT2D eigenvalue weighted by Gasteiger charge is -2.38. The van der Waals surface area contributed by atoms with Crippen molar-refractivity contribution in [2.24, 2.45) is 11.1 Å². The Kier molecular flexibility index (Phi) is 5.64. The Morgan fingerprint density at radius 2 is 1.94 bits per heavy atom. The molecule has 18 heavy (non-hydrogen) atoms. The quantitative estimate of drug-likeness (QED) is 0.820. The van der Waals surface area contributed by atoms with E-state index in [1.165, 1.54) is 12.8 Å². The Bertz CT molecular complexity index is 264. The van der Waals surface area contributed by atoms with Gasteiger partial charge in [0.15, 0.2) is 0 Å². The number of amides is 1. The third-order valence-corrected chi connectivity index (χ3v) is 4.30. The van der Waals surface area contributed by atoms with E-state index in [2.05, 4.69) is 13.8 Å². The van der Waals surface area contributed by atoms with Crippen molar-refractivity contribution in [3.63, 3.8) is 0 Å². The van der Waals surface area contributed by atoms with Gasteiger partial charge in [-0.05, 0) is 50.9 Å². The summed E-state index contributed by atoms with van der Waals surface area (Å²) < 4.78 is 0. The van der Waals surface area contributed by atoms with Crippen LogP contribution >= 0.6 is 0 Å². The first kappa shape index (κ1) is 15.5. The summed E-state index contributed by atoms with van der Waals surface area (Å²) in [6, 6.07) is 0.666. The van der Waals surface area contributed by atoms with Crippen LogP contribution < -0.4 is 5.73 Å². The first-order chi connectivity index (χ1) is 8.32. The van der Waals surface area contributed by atoms with Gasteiger partial charge in [-0.1, -0.05) is 13.8 Å². The highest BCUT2D eigenvalue weighted by Gasteiger charge is 2.30. The van der Waals surface area contributed by atoms with Gasteiger partial charge in [-0.2, -0.15) is 0 Å². The van der Waals surface area contributed by atoms with Crippen LogP contribution in [0.3, 0.4) is 0 Å². The summed E-state index contributed by atoms with van der Waals surface area (Å²) in [5, 5.41) is 0. The fourth-order valence-corrected chi connectivity index (χ4v) is 2.73. The van der Waals surface area contributed by atoms with Crippen LogP contribution in [0, 0.1) is 5.41 Å². The molecule has 2 N–H and O–H groups in total. The average Bonchev–Trinajstić information content (AvgIpc) is 2.27. The molecule has 0 saturated heterocycles. The molecular formula is C15H30N2O. The molecule has 106 valence electrons. The molecule has 1 fully saturated rings. The Hall–Kier alpha value is -0.570. The van der Waals surface area contributed by atoms with E-state index in [4.69, 9.17) is 5.73 Å². The van der Waals surface area contributed by atoms with Crippen molar-refractivity contribution in [3.05, 3.63) is 0 Å². The molecule has 0 heterocycles. The Morgan fingerprint density at radius 3 is 2.44 bits per heavy atom. The second-order valence-corrected chi connectivity index (χ2v) is 6.77. The molecule has 1 amide bonds. The van der Waals surface area contributed by atoms with Gasteiger partial charge in [-0.25, -0.2) is 0 Å². The number of rotatable bonds is 5. The van der Waals surface area contributed by atoms with Crippen molar-refractivity contribution < 1.29 is 4.79 Å². The molecular weight excluding hydrogens is 224 g/mol. The van der Waals surface area contributed by atoms with Crippen LogP contribution in [0.1, 0.15) is 65.7 Å². The van der Waals surface area contributed by atoms with Gasteiger partial charge in [-0.3, -0.25) is 4.79 Å². The predicted octanol–water partition coefficient (Wildman–Crippen LogP) is 2.93. The lowest BCUT2D eigenvalue weighted by Crippen LogP contribution is -2.40. The van der Waals surface area contributed by atoms with Crippen molar-refractivity contribution in [1.82, 2.24) is 4.90 Å². The fraction of sp³-hybridized carbons (Fsp3) is 0.933. The van der Waals surface area contributed by atoms with Crippen LogP contribution in [0.15, 0.2) is 0 Å². The van der Waals surface area contributed by atoms with Gasteiger partial charge in [0.1, 0.15) is 0 Å². The van der Waals surface area contributed by atoms with Gasteiger partial charge >= 0.3 is 0 Å². The van der Waals surface area contributed by atoms with Crippen LogP contribution in [0.25, 0.3) is 0 Å². The summed E-state index contributed by atoms with van der Waals surface area (Å²) in [5.74, 6) is 0.292. The number of carbonyl (C=O) groups excluding carboxylic acids is 1. The monoisotopic (exact) mass is 254 g/mol. The molecule has 0 spiro atoms. The normalized spacial score (nSPS) is 21.6. The van der Waals surface area contributed by atoms with Crippen LogP contribution in [-0.2, 0) is 4.79 Å². The smallest absolute Gasteiger partial charge is 0.222 e. The molecule has 1 unspecified atom stereocenters. The number of nitrogens with two attached hydrogens (primary N) is 1. The van der Waals surface area contributed by atoms with Crippen LogP contribution in [0.4, 0.5) is 0 Å². The lowest BCUT2D eigenvalue weighted by atomic mass is 9.75. The van der Waals surface area contributed by atoms with E-state index in [0.717, 1.165) is 25.7 Å². The molecule has 3 heteroatoms. The summed E-state index contributed by atoms with van der Waals surface area (Å²) >= 11 is 0. The van der Waals surface area contributed by atoms with Gasteiger partial charge in [-0.15, -0.1) is 0 Å². The Morgan fingerprint density at radius 1 is 1.39 bits per heavy atom. The van der Waals surface area contributed by atoms with E-state index >= 15 is 0 Å². The minimum Gasteiger partial charge on any atom is -0.343 e. The van der Waals surface area contributed by atoms with E-state index in [1.807, 2.05) is 18.9 Å². The lowest BCUT2D eigenvalue weighted by molar-refractivity contribution is -0.133. The van der Waals surface area contributed by atoms with Crippen molar-refractivity contribution in [3.8, 4) is 0 Å². The summed E-state index contributed by atoms with van der Waals surface area (Å²) in [6.07, 6.45) is 7.28. The van der Waals surface area contributed by atoms with E-state index in [1.54, 1.807) is 0 Å². The maximum absolute atomic E-state index is 12.1. The largest absolute Gasteiger partial charge is 0.343 e. The molecule has 1 saturated carbocycles. The summed E-state index contributed by atoms with van der Waals surface area (Å²) in [7, 11) is 1.97. The molecule has 1 atom stereocenters. The first-order valence-corrected chi connectivity index (χ1v) is 7.33. The molecule has 0 bridgehead atoms. The third kappa shape index (κ3) is 4.97. The highest BCUT2D eigenvalue weighted by atomic mass is 16.2. The molecule has 1 aliphatic rings. The highest BCUT2D eigenvalue weighted by Crippen LogP contribution is 2.36. The molecule has 0 radical (unpaired) electrons. The zero-order valence-electron chi connectivity index (χ0n) is 12.5. The first-order valence-electron chi connectivity index (χ1n) is 7.33. The van der Waals surface area contributed by atoms with E-state index in [-0.39, 0.29) is 6.04 Å². The number of hydrogen-bond donors (Lipinski definition) is 1. The molecule has 0 aromatic carbocycles. The Labute approximate surface area is 112 Å². The van der Waals surface area contributed by atoms with Gasteiger partial charge in [0, 0.05) is 25.6 Å². The van der Waals surface area contributed by atoms with Crippen molar-refractivity contribution in [1.29, 1.82) is 0 Å². The zero-order valence-corrected chi connectivity index (χ0v) is 12.5. The summed E-state index contributed by atoms with van der Waals surface area (Å²) in [6.45, 7) is 6.65. The van der Waals surface area contributed by atoms with Crippen molar-refractivity contribution in [2.75, 3.05) is 7.05 Å². The van der Waals surface area contributed by atoms with Gasteiger partial charge in [0.05, 0.1) is 0 Å². The topological polar surface area (TPSA) is 46.3 Å². The second-order valence-electron chi connectivity index (χ2n) is 6.77. The van der Waals surface area contributed by atoms with Gasteiger partial charge in [0.25, 0.3) is 0 Å². The number of nitrogens with zero attached hydrogens (tertiary/aromatic N) is 1. The minimum atomic E-state index is 0.207. The molecule has 0 aromatic heterocycles. The van der Waals surface area contributed by atoms with Crippen molar-refractivity contribution >= 4 is 5.91 Å². The van der Waals surface area contributed by atoms with Crippen LogP contribution in [-0.4, -0.2) is 29.9 Å². The minimum absolute atomic E-state index is 0.207. The molecule has 3 nitrogen and oxygen atoms in total. The Balaban J connectivity index is 2.31. The predicted molar refractivity (Wildman–Crippen MR) is 76.3 cm³/mol. The highest BCUT2D eigenvalue weighted by molar-refractivity contribution is 5.76. The summed E-state index contributed by atoms with van der Waals surface area (Å²) in [5.41, 5.74) is 6.17. The zero-order chi connectivity index (χ0) is 13.8. The van der Waals surface area contributed by atoms with Gasteiger partial charge in [0.2, 0.25) is 5.91 Å². The molecule has 1 aliphatic carbocycles.